The summed E-state index contributed by atoms with van der Waals surface area (Å²) in [5, 5.41) is 8.06. The van der Waals surface area contributed by atoms with Crippen molar-refractivity contribution in [1.82, 2.24) is 20.6 Å². The summed E-state index contributed by atoms with van der Waals surface area (Å²) < 4.78 is 1.00. The SMILES string of the molecule is O=C1CNC(C(=O)Nc2ncc(Br)nc2Br)CN1. The zero-order chi connectivity index (χ0) is 13.1. The van der Waals surface area contributed by atoms with Gasteiger partial charge in [0.1, 0.15) is 15.2 Å². The highest BCUT2D eigenvalue weighted by molar-refractivity contribution is 9.11. The zero-order valence-corrected chi connectivity index (χ0v) is 12.2. The van der Waals surface area contributed by atoms with Gasteiger partial charge in [0.15, 0.2) is 5.82 Å². The van der Waals surface area contributed by atoms with E-state index in [1.807, 2.05) is 0 Å². The van der Waals surface area contributed by atoms with Gasteiger partial charge in [-0.15, -0.1) is 0 Å². The van der Waals surface area contributed by atoms with Crippen molar-refractivity contribution >= 4 is 49.5 Å². The fourth-order valence-electron chi connectivity index (χ4n) is 1.39. The number of nitrogens with one attached hydrogen (secondary N) is 3. The molecule has 1 aliphatic rings. The average Bonchev–Trinajstić information content (AvgIpc) is 2.33. The number of carbonyl (C=O) groups excluding carboxylic acids is 2. The zero-order valence-electron chi connectivity index (χ0n) is 9.04. The summed E-state index contributed by atoms with van der Waals surface area (Å²) in [5.74, 6) is -0.0575. The lowest BCUT2D eigenvalue weighted by Crippen LogP contribution is -2.56. The van der Waals surface area contributed by atoms with E-state index in [0.717, 1.165) is 0 Å². The third-order valence-electron chi connectivity index (χ3n) is 2.27. The number of hydrogen-bond donors (Lipinski definition) is 3. The highest BCUT2D eigenvalue weighted by Gasteiger charge is 2.24. The van der Waals surface area contributed by atoms with Crippen LogP contribution in [0.25, 0.3) is 0 Å². The summed E-state index contributed by atoms with van der Waals surface area (Å²) in [5.41, 5.74) is 0. The Morgan fingerprint density at radius 3 is 2.89 bits per heavy atom. The summed E-state index contributed by atoms with van der Waals surface area (Å²) in [6, 6.07) is -0.472. The van der Waals surface area contributed by atoms with Crippen molar-refractivity contribution in [2.75, 3.05) is 18.4 Å². The minimum absolute atomic E-state index is 0.122. The molecule has 1 aliphatic heterocycles. The first-order valence-electron chi connectivity index (χ1n) is 5.05. The van der Waals surface area contributed by atoms with Gasteiger partial charge in [-0.25, -0.2) is 9.97 Å². The Kier molecular flexibility index (Phi) is 4.25. The van der Waals surface area contributed by atoms with E-state index < -0.39 is 6.04 Å². The molecular weight excluding hydrogens is 370 g/mol. The van der Waals surface area contributed by atoms with Crippen LogP contribution in [-0.4, -0.2) is 40.9 Å². The van der Waals surface area contributed by atoms with Crippen LogP contribution in [0.2, 0.25) is 0 Å². The van der Waals surface area contributed by atoms with Gasteiger partial charge >= 0.3 is 0 Å². The normalized spacial score (nSPS) is 19.2. The molecule has 0 bridgehead atoms. The van der Waals surface area contributed by atoms with Crippen LogP contribution in [0.1, 0.15) is 0 Å². The molecule has 1 atom stereocenters. The van der Waals surface area contributed by atoms with Crippen LogP contribution in [0.4, 0.5) is 5.82 Å². The van der Waals surface area contributed by atoms with Crippen LogP contribution in [0.5, 0.6) is 0 Å². The van der Waals surface area contributed by atoms with Crippen molar-refractivity contribution in [1.29, 1.82) is 0 Å². The van der Waals surface area contributed by atoms with Gasteiger partial charge in [-0.2, -0.15) is 0 Å². The maximum absolute atomic E-state index is 11.9. The first-order valence-corrected chi connectivity index (χ1v) is 6.64. The van der Waals surface area contributed by atoms with Gasteiger partial charge in [0.25, 0.3) is 0 Å². The lowest BCUT2D eigenvalue weighted by atomic mass is 10.2. The van der Waals surface area contributed by atoms with Crippen LogP contribution >= 0.6 is 31.9 Å². The Labute approximate surface area is 119 Å². The highest BCUT2D eigenvalue weighted by atomic mass is 79.9. The molecule has 9 heteroatoms. The van der Waals surface area contributed by atoms with Crippen LogP contribution in [-0.2, 0) is 9.59 Å². The molecule has 0 aromatic carbocycles. The molecule has 3 N–H and O–H groups in total. The minimum Gasteiger partial charge on any atom is -0.353 e. The van der Waals surface area contributed by atoms with E-state index in [1.54, 1.807) is 0 Å². The lowest BCUT2D eigenvalue weighted by Gasteiger charge is -2.22. The molecule has 1 unspecified atom stereocenters. The standard InChI is InChI=1S/C9H9Br2N5O2/c10-5-2-14-8(7(11)15-5)16-9(18)4-1-13-6(17)3-12-4/h2,4,12H,1,3H2,(H,13,17)(H,14,16,18). The lowest BCUT2D eigenvalue weighted by molar-refractivity contribution is -0.124. The number of piperazine rings is 1. The van der Waals surface area contributed by atoms with Gasteiger partial charge in [-0.05, 0) is 31.9 Å². The monoisotopic (exact) mass is 377 g/mol. The summed E-state index contributed by atoms with van der Waals surface area (Å²) >= 11 is 6.37. The number of nitrogens with zero attached hydrogens (tertiary/aromatic N) is 2. The Morgan fingerprint density at radius 1 is 1.50 bits per heavy atom. The van der Waals surface area contributed by atoms with E-state index in [4.69, 9.17) is 0 Å². The molecular formula is C9H9Br2N5O2. The van der Waals surface area contributed by atoms with Crippen molar-refractivity contribution in [3.05, 3.63) is 15.4 Å². The van der Waals surface area contributed by atoms with Gasteiger partial charge in [0.05, 0.1) is 12.7 Å². The van der Waals surface area contributed by atoms with Crippen LogP contribution in [0, 0.1) is 0 Å². The molecule has 2 heterocycles. The van der Waals surface area contributed by atoms with E-state index in [2.05, 4.69) is 57.8 Å². The van der Waals surface area contributed by atoms with E-state index in [0.29, 0.717) is 15.0 Å². The van der Waals surface area contributed by atoms with E-state index in [1.165, 1.54) is 6.20 Å². The third kappa shape index (κ3) is 3.24. The second kappa shape index (κ2) is 5.72. The number of amides is 2. The van der Waals surface area contributed by atoms with Crippen molar-refractivity contribution in [2.24, 2.45) is 0 Å². The summed E-state index contributed by atoms with van der Waals surface area (Å²) in [6.07, 6.45) is 1.48. The molecule has 1 saturated heterocycles. The fourth-order valence-corrected chi connectivity index (χ4v) is 2.30. The van der Waals surface area contributed by atoms with E-state index in [-0.39, 0.29) is 24.9 Å². The molecule has 1 fully saturated rings. The molecule has 0 spiro atoms. The summed E-state index contributed by atoms with van der Waals surface area (Å²) in [7, 11) is 0. The molecule has 1 aromatic rings. The van der Waals surface area contributed by atoms with Gasteiger partial charge in [-0.3, -0.25) is 14.9 Å². The Morgan fingerprint density at radius 2 is 2.28 bits per heavy atom. The summed E-state index contributed by atoms with van der Waals surface area (Å²) in [4.78, 5) is 30.9. The molecule has 96 valence electrons. The number of rotatable bonds is 2. The first-order chi connectivity index (χ1) is 8.56. The number of carbonyl (C=O) groups is 2. The second-order valence-corrected chi connectivity index (χ2v) is 5.12. The quantitative estimate of drug-likeness (QED) is 0.674. The van der Waals surface area contributed by atoms with E-state index in [9.17, 15) is 9.59 Å². The predicted octanol–water partition coefficient (Wildman–Crippen LogP) is 0.0281. The van der Waals surface area contributed by atoms with Crippen LogP contribution in [0.15, 0.2) is 15.4 Å². The Balaban J connectivity index is 2.00. The van der Waals surface area contributed by atoms with Crippen molar-refractivity contribution in [2.45, 2.75) is 6.04 Å². The van der Waals surface area contributed by atoms with Gasteiger partial charge in [-0.1, -0.05) is 0 Å². The number of anilines is 1. The van der Waals surface area contributed by atoms with Crippen molar-refractivity contribution in [3.8, 4) is 0 Å². The maximum Gasteiger partial charge on any atom is 0.244 e. The molecule has 0 aliphatic carbocycles. The largest absolute Gasteiger partial charge is 0.353 e. The predicted molar refractivity (Wildman–Crippen MR) is 70.9 cm³/mol. The third-order valence-corrected chi connectivity index (χ3v) is 3.21. The van der Waals surface area contributed by atoms with Crippen LogP contribution < -0.4 is 16.0 Å². The highest BCUT2D eigenvalue weighted by Crippen LogP contribution is 2.19. The molecule has 0 saturated carbocycles. The molecule has 18 heavy (non-hydrogen) atoms. The number of halogens is 2. The number of hydrogen-bond acceptors (Lipinski definition) is 5. The molecule has 2 rings (SSSR count). The smallest absolute Gasteiger partial charge is 0.244 e. The van der Waals surface area contributed by atoms with E-state index >= 15 is 0 Å². The first kappa shape index (κ1) is 13.4. The minimum atomic E-state index is -0.472. The molecule has 2 amide bonds. The maximum atomic E-state index is 11.9. The molecule has 7 nitrogen and oxygen atoms in total. The fraction of sp³-hybridized carbons (Fsp3) is 0.333. The van der Waals surface area contributed by atoms with Gasteiger partial charge < -0.3 is 10.6 Å². The molecule has 0 radical (unpaired) electrons. The van der Waals surface area contributed by atoms with Gasteiger partial charge in [0.2, 0.25) is 11.8 Å². The van der Waals surface area contributed by atoms with Crippen molar-refractivity contribution in [3.63, 3.8) is 0 Å². The Bertz CT molecular complexity index is 486. The van der Waals surface area contributed by atoms with Gasteiger partial charge in [0, 0.05) is 6.54 Å². The second-order valence-electron chi connectivity index (χ2n) is 3.56. The topological polar surface area (TPSA) is 96.0 Å². The average molecular weight is 379 g/mol. The van der Waals surface area contributed by atoms with Crippen molar-refractivity contribution < 1.29 is 9.59 Å². The number of aromatic nitrogens is 2. The van der Waals surface area contributed by atoms with Crippen LogP contribution in [0.3, 0.4) is 0 Å². The Hall–Kier alpha value is -1.06. The molecule has 1 aromatic heterocycles. The summed E-state index contributed by atoms with van der Waals surface area (Å²) in [6.45, 7) is 0.386.